The lowest BCUT2D eigenvalue weighted by Crippen LogP contribution is -2.00. The molecule has 2 aromatic rings. The Hall–Kier alpha value is -0.930. The van der Waals surface area contributed by atoms with Crippen molar-refractivity contribution in [2.24, 2.45) is 0 Å². The first-order valence-electron chi connectivity index (χ1n) is 5.28. The Morgan fingerprint density at radius 3 is 2.71 bits per heavy atom. The molecule has 0 atom stereocenters. The second-order valence-electron chi connectivity index (χ2n) is 4.16. The van der Waals surface area contributed by atoms with Gasteiger partial charge in [-0.15, -0.1) is 0 Å². The Bertz CT molecular complexity index is 595. The molecule has 0 saturated heterocycles. The molecule has 0 unspecified atom stereocenters. The van der Waals surface area contributed by atoms with Gasteiger partial charge in [0.05, 0.1) is 11.1 Å². The van der Waals surface area contributed by atoms with E-state index in [4.69, 9.17) is 11.6 Å². The van der Waals surface area contributed by atoms with Crippen molar-refractivity contribution in [1.29, 1.82) is 0 Å². The number of hydrogen-bond donors (Lipinski definition) is 0. The third-order valence-electron chi connectivity index (χ3n) is 2.68. The van der Waals surface area contributed by atoms with E-state index in [1.54, 1.807) is 0 Å². The number of rotatable bonds is 2. The van der Waals surface area contributed by atoms with E-state index >= 15 is 0 Å². The number of hydrogen-bond acceptors (Lipinski definition) is 2. The summed E-state index contributed by atoms with van der Waals surface area (Å²) in [5.41, 5.74) is 2.26. The van der Waals surface area contributed by atoms with Crippen LogP contribution in [0.5, 0.6) is 0 Å². The number of nitrogens with zero attached hydrogens (tertiary/aromatic N) is 1. The summed E-state index contributed by atoms with van der Waals surface area (Å²) in [5.74, 6) is 0.215. The van der Waals surface area contributed by atoms with Gasteiger partial charge < -0.3 is 0 Å². The van der Waals surface area contributed by atoms with Crippen LogP contribution < -0.4 is 0 Å². The molecule has 1 heterocycles. The standard InChI is InChI=1S/C13H11BrClNO/c1-7(2)12-9-5-8(14)3-4-11(9)16-13(15)10(12)6-17/h3-7H,1-2H3. The van der Waals surface area contributed by atoms with E-state index in [0.717, 1.165) is 27.2 Å². The van der Waals surface area contributed by atoms with Gasteiger partial charge in [0.2, 0.25) is 0 Å². The summed E-state index contributed by atoms with van der Waals surface area (Å²) >= 11 is 9.47. The number of carbonyl (C=O) groups excluding carboxylic acids is 1. The van der Waals surface area contributed by atoms with Crippen molar-refractivity contribution < 1.29 is 4.79 Å². The van der Waals surface area contributed by atoms with E-state index in [1.165, 1.54) is 0 Å². The van der Waals surface area contributed by atoms with Crippen molar-refractivity contribution >= 4 is 44.7 Å². The molecule has 0 amide bonds. The van der Waals surface area contributed by atoms with Crippen LogP contribution in [0.25, 0.3) is 10.9 Å². The highest BCUT2D eigenvalue weighted by atomic mass is 79.9. The zero-order chi connectivity index (χ0) is 12.6. The Morgan fingerprint density at radius 2 is 2.12 bits per heavy atom. The molecule has 2 rings (SSSR count). The third-order valence-corrected chi connectivity index (χ3v) is 3.46. The van der Waals surface area contributed by atoms with Gasteiger partial charge in [0.1, 0.15) is 5.15 Å². The van der Waals surface area contributed by atoms with Crippen LogP contribution in [0.2, 0.25) is 5.15 Å². The highest BCUT2D eigenvalue weighted by Gasteiger charge is 2.16. The van der Waals surface area contributed by atoms with Gasteiger partial charge in [-0.25, -0.2) is 4.98 Å². The monoisotopic (exact) mass is 311 g/mol. The Balaban J connectivity index is 2.94. The van der Waals surface area contributed by atoms with Gasteiger partial charge in [-0.05, 0) is 29.7 Å². The van der Waals surface area contributed by atoms with Crippen molar-refractivity contribution in [2.75, 3.05) is 0 Å². The van der Waals surface area contributed by atoms with Gasteiger partial charge in [0, 0.05) is 9.86 Å². The van der Waals surface area contributed by atoms with Crippen LogP contribution in [0.4, 0.5) is 0 Å². The van der Waals surface area contributed by atoms with Crippen LogP contribution in [0.3, 0.4) is 0 Å². The van der Waals surface area contributed by atoms with Crippen molar-refractivity contribution in [3.05, 3.63) is 39.0 Å². The number of aromatic nitrogens is 1. The molecular formula is C13H11BrClNO. The minimum atomic E-state index is 0.215. The van der Waals surface area contributed by atoms with Crippen molar-refractivity contribution in [1.82, 2.24) is 4.98 Å². The van der Waals surface area contributed by atoms with Gasteiger partial charge in [-0.2, -0.15) is 0 Å². The maximum atomic E-state index is 11.1. The summed E-state index contributed by atoms with van der Waals surface area (Å²) in [6, 6.07) is 5.78. The molecule has 0 bridgehead atoms. The summed E-state index contributed by atoms with van der Waals surface area (Å²) in [6.45, 7) is 4.08. The molecule has 0 radical (unpaired) electrons. The molecule has 0 aliphatic carbocycles. The number of halogens is 2. The van der Waals surface area contributed by atoms with Crippen molar-refractivity contribution in [3.63, 3.8) is 0 Å². The lowest BCUT2D eigenvalue weighted by atomic mass is 9.94. The molecule has 17 heavy (non-hydrogen) atoms. The predicted molar refractivity (Wildman–Crippen MR) is 73.9 cm³/mol. The molecule has 0 aliphatic rings. The normalized spacial score (nSPS) is 11.1. The topological polar surface area (TPSA) is 30.0 Å². The van der Waals surface area contributed by atoms with Gasteiger partial charge in [-0.3, -0.25) is 4.79 Å². The van der Waals surface area contributed by atoms with E-state index in [-0.39, 0.29) is 11.1 Å². The molecule has 0 spiro atoms. The zero-order valence-corrected chi connectivity index (χ0v) is 11.8. The minimum absolute atomic E-state index is 0.215. The molecule has 0 saturated carbocycles. The Labute approximate surface area is 113 Å². The number of benzene rings is 1. The van der Waals surface area contributed by atoms with Crippen molar-refractivity contribution in [3.8, 4) is 0 Å². The second kappa shape index (κ2) is 4.75. The lowest BCUT2D eigenvalue weighted by molar-refractivity contribution is 0.112. The fourth-order valence-corrected chi connectivity index (χ4v) is 2.58. The summed E-state index contributed by atoms with van der Waals surface area (Å²) in [4.78, 5) is 15.4. The van der Waals surface area contributed by atoms with E-state index in [0.29, 0.717) is 5.56 Å². The quantitative estimate of drug-likeness (QED) is 0.600. The van der Waals surface area contributed by atoms with E-state index in [9.17, 15) is 4.79 Å². The molecule has 4 heteroatoms. The van der Waals surface area contributed by atoms with Gasteiger partial charge >= 0.3 is 0 Å². The first kappa shape index (κ1) is 12.5. The maximum Gasteiger partial charge on any atom is 0.153 e. The van der Waals surface area contributed by atoms with Crippen LogP contribution in [0.1, 0.15) is 35.7 Å². The zero-order valence-electron chi connectivity index (χ0n) is 9.50. The van der Waals surface area contributed by atoms with Gasteiger partial charge in [0.25, 0.3) is 0 Å². The van der Waals surface area contributed by atoms with E-state index < -0.39 is 0 Å². The lowest BCUT2D eigenvalue weighted by Gasteiger charge is -2.14. The van der Waals surface area contributed by atoms with E-state index in [1.807, 2.05) is 32.0 Å². The van der Waals surface area contributed by atoms with Gasteiger partial charge in [-0.1, -0.05) is 41.4 Å². The number of pyridine rings is 1. The summed E-state index contributed by atoms with van der Waals surface area (Å²) in [7, 11) is 0. The Morgan fingerprint density at radius 1 is 1.41 bits per heavy atom. The molecule has 88 valence electrons. The second-order valence-corrected chi connectivity index (χ2v) is 5.44. The highest BCUT2D eigenvalue weighted by Crippen LogP contribution is 2.32. The van der Waals surface area contributed by atoms with E-state index in [2.05, 4.69) is 20.9 Å². The molecule has 0 aliphatic heterocycles. The van der Waals surface area contributed by atoms with Gasteiger partial charge in [0.15, 0.2) is 6.29 Å². The number of carbonyl (C=O) groups is 1. The molecule has 2 nitrogen and oxygen atoms in total. The minimum Gasteiger partial charge on any atom is -0.298 e. The summed E-state index contributed by atoms with van der Waals surface area (Å²) in [6.07, 6.45) is 0.783. The Kier molecular flexibility index (Phi) is 3.50. The number of aldehydes is 1. The molecule has 1 aromatic heterocycles. The SMILES string of the molecule is CC(C)c1c(C=O)c(Cl)nc2ccc(Br)cc12. The third kappa shape index (κ3) is 2.22. The smallest absolute Gasteiger partial charge is 0.153 e. The summed E-state index contributed by atoms with van der Waals surface area (Å²) < 4.78 is 0.966. The number of fused-ring (bicyclic) bond motifs is 1. The van der Waals surface area contributed by atoms with Crippen LogP contribution >= 0.6 is 27.5 Å². The maximum absolute atomic E-state index is 11.1. The van der Waals surface area contributed by atoms with Crippen LogP contribution in [0, 0.1) is 0 Å². The van der Waals surface area contributed by atoms with Crippen molar-refractivity contribution in [2.45, 2.75) is 19.8 Å². The van der Waals surface area contributed by atoms with Crippen LogP contribution in [0.15, 0.2) is 22.7 Å². The average Bonchev–Trinajstić information content (AvgIpc) is 2.27. The average molecular weight is 313 g/mol. The first-order chi connectivity index (χ1) is 8.04. The van der Waals surface area contributed by atoms with Crippen LogP contribution in [-0.2, 0) is 0 Å². The molecular weight excluding hydrogens is 302 g/mol. The fourth-order valence-electron chi connectivity index (χ4n) is 1.98. The molecule has 0 N–H and O–H groups in total. The fraction of sp³-hybridized carbons (Fsp3) is 0.231. The highest BCUT2D eigenvalue weighted by molar-refractivity contribution is 9.10. The predicted octanol–water partition coefficient (Wildman–Crippen LogP) is 4.59. The first-order valence-corrected chi connectivity index (χ1v) is 6.45. The largest absolute Gasteiger partial charge is 0.298 e. The molecule has 0 fully saturated rings. The summed E-state index contributed by atoms with van der Waals surface area (Å²) in [5, 5.41) is 1.25. The van der Waals surface area contributed by atoms with Crippen LogP contribution in [-0.4, -0.2) is 11.3 Å². The molecule has 1 aromatic carbocycles.